The molecule has 0 saturated carbocycles. The molecule has 1 saturated heterocycles. The quantitative estimate of drug-likeness (QED) is 0.914. The van der Waals surface area contributed by atoms with Crippen LogP contribution in [0.4, 0.5) is 13.2 Å². The van der Waals surface area contributed by atoms with E-state index in [2.05, 4.69) is 5.32 Å². The standard InChI is InChI=1S/C13H17F3N2O/c14-13(15,16)7-11-1-2-12(19)18(9-11)8-10-3-5-17-6-4-10/h1-2,9-10,17H,3-8H2. The molecular formula is C13H17F3N2O. The van der Waals surface area contributed by atoms with Gasteiger partial charge in [-0.1, -0.05) is 6.07 Å². The molecule has 1 aliphatic rings. The van der Waals surface area contributed by atoms with Crippen LogP contribution in [0.15, 0.2) is 23.1 Å². The van der Waals surface area contributed by atoms with Gasteiger partial charge in [-0.05, 0) is 37.4 Å². The molecule has 0 spiro atoms. The predicted molar refractivity (Wildman–Crippen MR) is 66.1 cm³/mol. The van der Waals surface area contributed by atoms with Crippen LogP contribution in [0.3, 0.4) is 0 Å². The third-order valence-electron chi connectivity index (χ3n) is 3.36. The maximum atomic E-state index is 12.3. The minimum Gasteiger partial charge on any atom is -0.317 e. The molecule has 0 aliphatic carbocycles. The fourth-order valence-corrected chi connectivity index (χ4v) is 2.40. The van der Waals surface area contributed by atoms with Gasteiger partial charge in [0.2, 0.25) is 0 Å². The van der Waals surface area contributed by atoms with Crippen LogP contribution in [0, 0.1) is 5.92 Å². The first kappa shape index (κ1) is 14.1. The highest BCUT2D eigenvalue weighted by Crippen LogP contribution is 2.21. The zero-order valence-corrected chi connectivity index (χ0v) is 10.5. The lowest BCUT2D eigenvalue weighted by molar-refractivity contribution is -0.127. The Hall–Kier alpha value is -1.30. The number of nitrogens with one attached hydrogen (secondary N) is 1. The number of hydrogen-bond acceptors (Lipinski definition) is 2. The minimum atomic E-state index is -4.24. The second kappa shape index (κ2) is 5.77. The summed E-state index contributed by atoms with van der Waals surface area (Å²) in [6.07, 6.45) is -1.97. The van der Waals surface area contributed by atoms with Crippen LogP contribution < -0.4 is 10.9 Å². The molecule has 1 fully saturated rings. The Labute approximate surface area is 109 Å². The lowest BCUT2D eigenvalue weighted by Crippen LogP contribution is -2.32. The summed E-state index contributed by atoms with van der Waals surface area (Å²) >= 11 is 0. The van der Waals surface area contributed by atoms with E-state index < -0.39 is 12.6 Å². The van der Waals surface area contributed by atoms with E-state index in [0.717, 1.165) is 25.9 Å². The van der Waals surface area contributed by atoms with Crippen molar-refractivity contribution in [1.29, 1.82) is 0 Å². The number of nitrogens with zero attached hydrogens (tertiary/aromatic N) is 1. The molecule has 0 unspecified atom stereocenters. The van der Waals surface area contributed by atoms with Crippen molar-refractivity contribution in [1.82, 2.24) is 9.88 Å². The van der Waals surface area contributed by atoms with Crippen LogP contribution in [-0.4, -0.2) is 23.8 Å². The average molecular weight is 274 g/mol. The molecule has 1 aromatic rings. The fourth-order valence-electron chi connectivity index (χ4n) is 2.40. The van der Waals surface area contributed by atoms with Crippen molar-refractivity contribution in [2.45, 2.75) is 32.0 Å². The van der Waals surface area contributed by atoms with Crippen molar-refractivity contribution in [3.63, 3.8) is 0 Å². The molecule has 0 amide bonds. The van der Waals surface area contributed by atoms with Crippen molar-refractivity contribution in [2.24, 2.45) is 5.92 Å². The molecule has 1 N–H and O–H groups in total. The van der Waals surface area contributed by atoms with Gasteiger partial charge >= 0.3 is 6.18 Å². The van der Waals surface area contributed by atoms with Crippen molar-refractivity contribution in [3.05, 3.63) is 34.2 Å². The van der Waals surface area contributed by atoms with Crippen molar-refractivity contribution in [3.8, 4) is 0 Å². The molecule has 106 valence electrons. The van der Waals surface area contributed by atoms with Crippen LogP contribution in [0.2, 0.25) is 0 Å². The Morgan fingerprint density at radius 2 is 1.95 bits per heavy atom. The Bertz CT molecular complexity index is 476. The lowest BCUT2D eigenvalue weighted by atomic mass is 9.98. The number of hydrogen-bond donors (Lipinski definition) is 1. The Balaban J connectivity index is 2.10. The van der Waals surface area contributed by atoms with Gasteiger partial charge in [-0.15, -0.1) is 0 Å². The van der Waals surface area contributed by atoms with Crippen molar-refractivity contribution < 1.29 is 13.2 Å². The molecule has 0 aromatic carbocycles. The smallest absolute Gasteiger partial charge is 0.317 e. The van der Waals surface area contributed by atoms with Crippen molar-refractivity contribution in [2.75, 3.05) is 13.1 Å². The highest BCUT2D eigenvalue weighted by atomic mass is 19.4. The van der Waals surface area contributed by atoms with E-state index in [1.165, 1.54) is 22.9 Å². The molecule has 0 radical (unpaired) electrons. The van der Waals surface area contributed by atoms with Crippen LogP contribution in [0.5, 0.6) is 0 Å². The number of pyridine rings is 1. The Morgan fingerprint density at radius 3 is 2.58 bits per heavy atom. The molecular weight excluding hydrogens is 257 g/mol. The molecule has 2 rings (SSSR count). The monoisotopic (exact) mass is 274 g/mol. The SMILES string of the molecule is O=c1ccc(CC(F)(F)F)cn1CC1CCNCC1. The Kier molecular flexibility index (Phi) is 4.29. The van der Waals surface area contributed by atoms with E-state index in [9.17, 15) is 18.0 Å². The molecule has 0 bridgehead atoms. The number of piperidine rings is 1. The predicted octanol–water partition coefficient (Wildman–Crippen LogP) is 1.95. The molecule has 0 atom stereocenters. The van der Waals surface area contributed by atoms with Gasteiger partial charge < -0.3 is 9.88 Å². The van der Waals surface area contributed by atoms with Crippen LogP contribution >= 0.6 is 0 Å². The molecule has 19 heavy (non-hydrogen) atoms. The van der Waals surface area contributed by atoms with Crippen LogP contribution in [-0.2, 0) is 13.0 Å². The zero-order valence-electron chi connectivity index (χ0n) is 10.5. The van der Waals surface area contributed by atoms with E-state index in [-0.39, 0.29) is 11.1 Å². The van der Waals surface area contributed by atoms with Crippen molar-refractivity contribution >= 4 is 0 Å². The van der Waals surface area contributed by atoms with E-state index in [4.69, 9.17) is 0 Å². The summed E-state index contributed by atoms with van der Waals surface area (Å²) in [5.41, 5.74) is -0.0921. The molecule has 2 heterocycles. The topological polar surface area (TPSA) is 34.0 Å². The minimum absolute atomic E-state index is 0.140. The molecule has 1 aromatic heterocycles. The van der Waals surface area contributed by atoms with E-state index in [1.807, 2.05) is 0 Å². The van der Waals surface area contributed by atoms with Gasteiger partial charge in [-0.25, -0.2) is 0 Å². The van der Waals surface area contributed by atoms with Gasteiger partial charge in [0.05, 0.1) is 6.42 Å². The van der Waals surface area contributed by atoms with Gasteiger partial charge in [0, 0.05) is 18.8 Å². The summed E-state index contributed by atoms with van der Waals surface area (Å²) in [4.78, 5) is 11.7. The largest absolute Gasteiger partial charge is 0.393 e. The van der Waals surface area contributed by atoms with E-state index >= 15 is 0 Å². The maximum absolute atomic E-state index is 12.3. The highest BCUT2D eigenvalue weighted by Gasteiger charge is 2.27. The maximum Gasteiger partial charge on any atom is 0.393 e. The molecule has 3 nitrogen and oxygen atoms in total. The lowest BCUT2D eigenvalue weighted by Gasteiger charge is -2.23. The fraction of sp³-hybridized carbons (Fsp3) is 0.615. The first-order valence-electron chi connectivity index (χ1n) is 6.41. The number of halogens is 3. The Morgan fingerprint density at radius 1 is 1.26 bits per heavy atom. The highest BCUT2D eigenvalue weighted by molar-refractivity contribution is 5.11. The summed E-state index contributed by atoms with van der Waals surface area (Å²) in [7, 11) is 0. The first-order chi connectivity index (χ1) is 8.94. The van der Waals surface area contributed by atoms with Crippen LogP contribution in [0.25, 0.3) is 0 Å². The van der Waals surface area contributed by atoms with Gasteiger partial charge in [0.1, 0.15) is 0 Å². The normalized spacial score (nSPS) is 17.6. The van der Waals surface area contributed by atoms with Gasteiger partial charge in [-0.3, -0.25) is 4.79 Å². The summed E-state index contributed by atoms with van der Waals surface area (Å²) < 4.78 is 38.4. The first-order valence-corrected chi connectivity index (χ1v) is 6.41. The van der Waals surface area contributed by atoms with Gasteiger partial charge in [0.25, 0.3) is 5.56 Å². The second-order valence-corrected chi connectivity index (χ2v) is 5.01. The summed E-state index contributed by atoms with van der Waals surface area (Å²) in [5, 5.41) is 3.22. The number of alkyl halides is 3. The number of rotatable bonds is 3. The average Bonchev–Trinajstić information content (AvgIpc) is 2.33. The third-order valence-corrected chi connectivity index (χ3v) is 3.36. The summed E-state index contributed by atoms with van der Waals surface area (Å²) in [6, 6.07) is 2.48. The third kappa shape index (κ3) is 4.38. The molecule has 1 aliphatic heterocycles. The number of aromatic nitrogens is 1. The second-order valence-electron chi connectivity index (χ2n) is 5.01. The van der Waals surface area contributed by atoms with Gasteiger partial charge in [-0.2, -0.15) is 13.2 Å². The van der Waals surface area contributed by atoms with Crippen LogP contribution in [0.1, 0.15) is 18.4 Å². The molecule has 6 heteroatoms. The van der Waals surface area contributed by atoms with E-state index in [1.54, 1.807) is 0 Å². The zero-order chi connectivity index (χ0) is 13.9. The van der Waals surface area contributed by atoms with Gasteiger partial charge in [0.15, 0.2) is 0 Å². The summed E-state index contributed by atoms with van der Waals surface area (Å²) in [5.74, 6) is 0.361. The van der Waals surface area contributed by atoms with E-state index in [0.29, 0.717) is 12.5 Å². The summed E-state index contributed by atoms with van der Waals surface area (Å²) in [6.45, 7) is 2.32.